The Balaban J connectivity index is 2.25. The van der Waals surface area contributed by atoms with Crippen molar-refractivity contribution in [2.24, 2.45) is 0 Å². The Morgan fingerprint density at radius 1 is 1.00 bits per heavy atom. The Bertz CT molecular complexity index is 590. The zero-order chi connectivity index (χ0) is 13.0. The summed E-state index contributed by atoms with van der Waals surface area (Å²) in [6, 6.07) is 12.8. The predicted octanol–water partition coefficient (Wildman–Crippen LogP) is 0.593. The van der Waals surface area contributed by atoms with Gasteiger partial charge in [-0.15, -0.1) is 0 Å². The zero-order valence-corrected chi connectivity index (χ0v) is 9.51. The molecule has 0 fully saturated rings. The van der Waals surface area contributed by atoms with Crippen molar-refractivity contribution in [1.82, 2.24) is 10.9 Å². The maximum atomic E-state index is 11.9. The lowest BCUT2D eigenvalue weighted by Gasteiger charge is -2.08. The molecule has 2 rings (SSSR count). The third-order valence-electron chi connectivity index (χ3n) is 2.49. The first-order valence-electron chi connectivity index (χ1n) is 5.40. The largest absolute Gasteiger partial charge is 0.386 e. The van der Waals surface area contributed by atoms with E-state index in [1.54, 1.807) is 12.1 Å². The number of amides is 2. The van der Waals surface area contributed by atoms with Gasteiger partial charge in [-0.05, 0) is 16.8 Å². The molecule has 0 aliphatic carbocycles. The van der Waals surface area contributed by atoms with E-state index in [0.29, 0.717) is 5.56 Å². The summed E-state index contributed by atoms with van der Waals surface area (Å²) in [5, 5.41) is 10.3. The van der Waals surface area contributed by atoms with Crippen LogP contribution in [0.4, 0.5) is 0 Å². The first-order valence-corrected chi connectivity index (χ1v) is 5.40. The Kier molecular flexibility index (Phi) is 3.54. The summed E-state index contributed by atoms with van der Waals surface area (Å²) in [6.07, 6.45) is 0. The Morgan fingerprint density at radius 3 is 2.50 bits per heavy atom. The molecular formula is C13H12N2O3. The summed E-state index contributed by atoms with van der Waals surface area (Å²) in [7, 11) is 0. The van der Waals surface area contributed by atoms with E-state index >= 15 is 0 Å². The number of hydrogen-bond acceptors (Lipinski definition) is 3. The summed E-state index contributed by atoms with van der Waals surface area (Å²) >= 11 is 0. The fourth-order valence-electron chi connectivity index (χ4n) is 1.66. The molecule has 3 N–H and O–H groups in total. The van der Waals surface area contributed by atoms with Crippen LogP contribution in [-0.2, 0) is 4.79 Å². The maximum Gasteiger partial charge on any atom is 0.270 e. The minimum Gasteiger partial charge on any atom is -0.386 e. The van der Waals surface area contributed by atoms with Crippen LogP contribution in [0, 0.1) is 0 Å². The van der Waals surface area contributed by atoms with E-state index in [1.165, 1.54) is 0 Å². The van der Waals surface area contributed by atoms with Crippen molar-refractivity contribution in [3.8, 4) is 0 Å². The quantitative estimate of drug-likeness (QED) is 0.677. The molecule has 0 aromatic heterocycles. The normalized spacial score (nSPS) is 10.1. The lowest BCUT2D eigenvalue weighted by molar-refractivity contribution is -0.124. The number of fused-ring (bicyclic) bond motifs is 1. The number of nitrogens with one attached hydrogen (secondary N) is 2. The molecule has 2 aromatic rings. The van der Waals surface area contributed by atoms with Gasteiger partial charge in [-0.2, -0.15) is 0 Å². The van der Waals surface area contributed by atoms with E-state index in [-0.39, 0.29) is 0 Å². The second kappa shape index (κ2) is 5.29. The lowest BCUT2D eigenvalue weighted by atomic mass is 10.0. The predicted molar refractivity (Wildman–Crippen MR) is 66.6 cm³/mol. The topological polar surface area (TPSA) is 78.4 Å². The zero-order valence-electron chi connectivity index (χ0n) is 9.51. The van der Waals surface area contributed by atoms with Gasteiger partial charge in [0.05, 0.1) is 0 Å². The van der Waals surface area contributed by atoms with Gasteiger partial charge in [0.1, 0.15) is 6.61 Å². The third kappa shape index (κ3) is 2.46. The number of aliphatic hydroxyl groups is 1. The molecule has 0 unspecified atom stereocenters. The van der Waals surface area contributed by atoms with E-state index in [9.17, 15) is 9.59 Å². The molecule has 2 aromatic carbocycles. The molecule has 0 heterocycles. The molecule has 0 saturated heterocycles. The average Bonchev–Trinajstić information content (AvgIpc) is 2.43. The third-order valence-corrected chi connectivity index (χ3v) is 2.49. The van der Waals surface area contributed by atoms with E-state index in [1.807, 2.05) is 30.3 Å². The Labute approximate surface area is 103 Å². The van der Waals surface area contributed by atoms with Crippen molar-refractivity contribution in [3.05, 3.63) is 48.0 Å². The van der Waals surface area contributed by atoms with Gasteiger partial charge in [0.2, 0.25) is 0 Å². The molecule has 0 aliphatic rings. The number of rotatable bonds is 2. The van der Waals surface area contributed by atoms with Crippen LogP contribution < -0.4 is 10.9 Å². The van der Waals surface area contributed by atoms with Crippen LogP contribution in [0.3, 0.4) is 0 Å². The van der Waals surface area contributed by atoms with Gasteiger partial charge >= 0.3 is 0 Å². The Hall–Kier alpha value is -2.40. The number of hydrazine groups is 1. The van der Waals surface area contributed by atoms with Gasteiger partial charge in [-0.3, -0.25) is 20.4 Å². The fourth-order valence-corrected chi connectivity index (χ4v) is 1.66. The highest BCUT2D eigenvalue weighted by molar-refractivity contribution is 6.07. The maximum absolute atomic E-state index is 11.9. The van der Waals surface area contributed by atoms with Crippen LogP contribution in [0.15, 0.2) is 42.5 Å². The van der Waals surface area contributed by atoms with Crippen molar-refractivity contribution < 1.29 is 14.7 Å². The Morgan fingerprint density at radius 2 is 1.72 bits per heavy atom. The summed E-state index contributed by atoms with van der Waals surface area (Å²) in [5.74, 6) is -1.09. The first-order chi connectivity index (χ1) is 8.72. The standard InChI is InChI=1S/C13H12N2O3/c16-8-12(17)14-15-13(18)11-7-3-5-9-4-1-2-6-10(9)11/h1-7,16H,8H2,(H,14,17)(H,15,18). The molecule has 0 spiro atoms. The van der Waals surface area contributed by atoms with Gasteiger partial charge in [-0.25, -0.2) is 0 Å². The van der Waals surface area contributed by atoms with Crippen molar-refractivity contribution in [2.45, 2.75) is 0 Å². The van der Waals surface area contributed by atoms with Gasteiger partial charge in [0.25, 0.3) is 11.8 Å². The van der Waals surface area contributed by atoms with Gasteiger partial charge in [0.15, 0.2) is 0 Å². The molecule has 5 nitrogen and oxygen atoms in total. The van der Waals surface area contributed by atoms with Crippen molar-refractivity contribution in [3.63, 3.8) is 0 Å². The van der Waals surface area contributed by atoms with E-state index in [4.69, 9.17) is 5.11 Å². The number of carbonyl (C=O) groups excluding carboxylic acids is 2. The molecule has 0 bridgehead atoms. The highest BCUT2D eigenvalue weighted by Gasteiger charge is 2.09. The van der Waals surface area contributed by atoms with Crippen LogP contribution in [-0.4, -0.2) is 23.5 Å². The van der Waals surface area contributed by atoms with Crippen LogP contribution in [0.1, 0.15) is 10.4 Å². The average molecular weight is 244 g/mol. The molecular weight excluding hydrogens is 232 g/mol. The molecule has 5 heteroatoms. The van der Waals surface area contributed by atoms with E-state index in [2.05, 4.69) is 10.9 Å². The number of aliphatic hydroxyl groups excluding tert-OH is 1. The summed E-state index contributed by atoms with van der Waals surface area (Å²) < 4.78 is 0. The lowest BCUT2D eigenvalue weighted by Crippen LogP contribution is -2.43. The van der Waals surface area contributed by atoms with Gasteiger partial charge < -0.3 is 5.11 Å². The summed E-state index contributed by atoms with van der Waals surface area (Å²) in [4.78, 5) is 22.7. The smallest absolute Gasteiger partial charge is 0.270 e. The SMILES string of the molecule is O=C(CO)NNC(=O)c1cccc2ccccc12. The first kappa shape index (κ1) is 12.1. The van der Waals surface area contributed by atoms with Crippen molar-refractivity contribution in [2.75, 3.05) is 6.61 Å². The van der Waals surface area contributed by atoms with Crippen LogP contribution in [0.25, 0.3) is 10.8 Å². The fraction of sp³-hybridized carbons (Fsp3) is 0.0769. The molecule has 0 radical (unpaired) electrons. The minimum absolute atomic E-state index is 0.423. The monoisotopic (exact) mass is 244 g/mol. The highest BCUT2D eigenvalue weighted by Crippen LogP contribution is 2.17. The number of hydrogen-bond donors (Lipinski definition) is 3. The minimum atomic E-state index is -0.671. The second-order valence-electron chi connectivity index (χ2n) is 3.69. The van der Waals surface area contributed by atoms with Gasteiger partial charge in [0, 0.05) is 5.56 Å². The summed E-state index contributed by atoms with van der Waals surface area (Å²) in [6.45, 7) is -0.671. The van der Waals surface area contributed by atoms with Crippen LogP contribution in [0.5, 0.6) is 0 Å². The van der Waals surface area contributed by atoms with E-state index in [0.717, 1.165) is 10.8 Å². The van der Waals surface area contributed by atoms with Gasteiger partial charge in [-0.1, -0.05) is 36.4 Å². The molecule has 0 saturated carbocycles. The van der Waals surface area contributed by atoms with Crippen LogP contribution >= 0.6 is 0 Å². The summed E-state index contributed by atoms with van der Waals surface area (Å²) in [5.41, 5.74) is 4.81. The second-order valence-corrected chi connectivity index (χ2v) is 3.69. The van der Waals surface area contributed by atoms with Crippen molar-refractivity contribution in [1.29, 1.82) is 0 Å². The molecule has 0 atom stereocenters. The van der Waals surface area contributed by atoms with E-state index < -0.39 is 18.4 Å². The van der Waals surface area contributed by atoms with Crippen LogP contribution in [0.2, 0.25) is 0 Å². The van der Waals surface area contributed by atoms with Crippen molar-refractivity contribution >= 4 is 22.6 Å². The molecule has 0 aliphatic heterocycles. The number of benzene rings is 2. The highest BCUT2D eigenvalue weighted by atomic mass is 16.3. The molecule has 18 heavy (non-hydrogen) atoms. The molecule has 92 valence electrons. The molecule has 2 amide bonds. The number of carbonyl (C=O) groups is 2.